The largest absolute Gasteiger partial charge is 0.446 e. The molecular weight excluding hydrogens is 426 g/mol. The molecule has 0 unspecified atom stereocenters. The van der Waals surface area contributed by atoms with Crippen LogP contribution in [0.3, 0.4) is 0 Å². The fourth-order valence-corrected chi connectivity index (χ4v) is 3.10. The van der Waals surface area contributed by atoms with E-state index in [1.54, 1.807) is 0 Å². The van der Waals surface area contributed by atoms with E-state index in [1.165, 1.54) is 0 Å². The van der Waals surface area contributed by atoms with Gasteiger partial charge in [0.2, 0.25) is 0 Å². The monoisotopic (exact) mass is 436 g/mol. The third-order valence-corrected chi connectivity index (χ3v) is 4.49. The van der Waals surface area contributed by atoms with Crippen LogP contribution in [0.1, 0.15) is 10.4 Å². The molecule has 1 saturated heterocycles. The molecule has 1 aliphatic rings. The summed E-state index contributed by atoms with van der Waals surface area (Å²) in [5, 5.41) is 0. The number of rotatable bonds is 3. The average molecular weight is 436 g/mol. The zero-order chi connectivity index (χ0) is 21.3. The van der Waals surface area contributed by atoms with Gasteiger partial charge < -0.3 is 4.74 Å². The van der Waals surface area contributed by atoms with Crippen LogP contribution in [0.2, 0.25) is 0 Å². The Balaban J connectivity index is 1.87. The van der Waals surface area contributed by atoms with Crippen LogP contribution in [0.25, 0.3) is 0 Å². The first kappa shape index (κ1) is 21.0. The Hall–Kier alpha value is -2.73. The maximum Gasteiger partial charge on any atom is 0.446 e. The van der Waals surface area contributed by atoms with E-state index < -0.39 is 76.3 Å². The fourth-order valence-electron chi connectivity index (χ4n) is 2.54. The molecular formula is C17H10F6N2O3S. The van der Waals surface area contributed by atoms with Crippen LogP contribution in [0.15, 0.2) is 41.3 Å². The molecule has 29 heavy (non-hydrogen) atoms. The molecule has 0 spiro atoms. The maximum atomic E-state index is 14.3. The van der Waals surface area contributed by atoms with Crippen molar-refractivity contribution in [2.24, 2.45) is 0 Å². The van der Waals surface area contributed by atoms with Gasteiger partial charge in [0, 0.05) is 4.90 Å². The van der Waals surface area contributed by atoms with Crippen LogP contribution in [0, 0.1) is 17.5 Å². The van der Waals surface area contributed by atoms with Crippen LogP contribution in [0.4, 0.5) is 36.8 Å². The second-order valence-electron chi connectivity index (χ2n) is 5.66. The zero-order valence-electron chi connectivity index (χ0n) is 14.2. The SMILES string of the molecule is O=C(c1c(F)cccc1F)N1COCN(c2ccc(SC(F)(F)F)cc2F)C1=O. The third kappa shape index (κ3) is 4.48. The molecule has 2 aromatic rings. The number of carbonyl (C=O) groups is 2. The summed E-state index contributed by atoms with van der Waals surface area (Å²) in [7, 11) is 0. The van der Waals surface area contributed by atoms with Crippen molar-refractivity contribution in [2.75, 3.05) is 18.4 Å². The first-order valence-electron chi connectivity index (χ1n) is 7.79. The quantitative estimate of drug-likeness (QED) is 0.516. The van der Waals surface area contributed by atoms with Gasteiger partial charge >= 0.3 is 11.5 Å². The predicted molar refractivity (Wildman–Crippen MR) is 89.5 cm³/mol. The van der Waals surface area contributed by atoms with Gasteiger partial charge in [-0.25, -0.2) is 22.9 Å². The van der Waals surface area contributed by atoms with E-state index in [9.17, 15) is 35.9 Å². The van der Waals surface area contributed by atoms with Crippen molar-refractivity contribution in [3.05, 3.63) is 59.4 Å². The van der Waals surface area contributed by atoms with Gasteiger partial charge in [0.1, 0.15) is 36.5 Å². The van der Waals surface area contributed by atoms with Crippen molar-refractivity contribution in [1.29, 1.82) is 0 Å². The van der Waals surface area contributed by atoms with Gasteiger partial charge in [-0.15, -0.1) is 0 Å². The first-order chi connectivity index (χ1) is 13.6. The van der Waals surface area contributed by atoms with Gasteiger partial charge in [-0.05, 0) is 42.1 Å². The smallest absolute Gasteiger partial charge is 0.340 e. The van der Waals surface area contributed by atoms with E-state index in [0.717, 1.165) is 30.3 Å². The number of thioether (sulfide) groups is 1. The molecule has 1 aliphatic heterocycles. The number of hydrogen-bond donors (Lipinski definition) is 0. The molecule has 154 valence electrons. The molecule has 0 radical (unpaired) electrons. The molecule has 1 fully saturated rings. The summed E-state index contributed by atoms with van der Waals surface area (Å²) in [6.07, 6.45) is 0. The molecule has 0 aliphatic carbocycles. The van der Waals surface area contributed by atoms with E-state index in [1.807, 2.05) is 0 Å². The minimum absolute atomic E-state index is 0.350. The van der Waals surface area contributed by atoms with Crippen molar-refractivity contribution in [2.45, 2.75) is 10.4 Å². The molecule has 0 atom stereocenters. The lowest BCUT2D eigenvalue weighted by atomic mass is 10.1. The summed E-state index contributed by atoms with van der Waals surface area (Å²) in [4.78, 5) is 25.5. The first-order valence-corrected chi connectivity index (χ1v) is 8.60. The van der Waals surface area contributed by atoms with Crippen LogP contribution in [0.5, 0.6) is 0 Å². The number of hydrogen-bond acceptors (Lipinski definition) is 4. The number of halogens is 6. The van der Waals surface area contributed by atoms with Crippen LogP contribution in [-0.4, -0.2) is 35.8 Å². The van der Waals surface area contributed by atoms with E-state index in [4.69, 9.17) is 4.74 Å². The highest BCUT2D eigenvalue weighted by Crippen LogP contribution is 2.38. The number of carbonyl (C=O) groups excluding carboxylic acids is 2. The number of alkyl halides is 3. The highest BCUT2D eigenvalue weighted by atomic mass is 32.2. The maximum absolute atomic E-state index is 14.3. The summed E-state index contributed by atoms with van der Waals surface area (Å²) >= 11 is -0.546. The van der Waals surface area contributed by atoms with Gasteiger partial charge in [0.15, 0.2) is 0 Å². The minimum atomic E-state index is -4.63. The molecule has 0 aromatic heterocycles. The lowest BCUT2D eigenvalue weighted by Gasteiger charge is -2.34. The predicted octanol–water partition coefficient (Wildman–Crippen LogP) is 4.73. The number of benzene rings is 2. The van der Waals surface area contributed by atoms with Crippen molar-refractivity contribution >= 4 is 29.4 Å². The third-order valence-electron chi connectivity index (χ3n) is 3.77. The summed E-state index contributed by atoms with van der Waals surface area (Å²) in [6, 6.07) is 3.92. The second-order valence-corrected chi connectivity index (χ2v) is 6.80. The van der Waals surface area contributed by atoms with Gasteiger partial charge in [-0.1, -0.05) is 6.07 Å². The Labute approximate surface area is 163 Å². The van der Waals surface area contributed by atoms with Gasteiger partial charge in [0.25, 0.3) is 5.91 Å². The molecule has 0 N–H and O–H groups in total. The molecule has 3 rings (SSSR count). The minimum Gasteiger partial charge on any atom is -0.340 e. The Morgan fingerprint density at radius 2 is 1.66 bits per heavy atom. The number of imide groups is 1. The zero-order valence-corrected chi connectivity index (χ0v) is 15.0. The van der Waals surface area contributed by atoms with E-state index in [2.05, 4.69) is 0 Å². The molecule has 2 aromatic carbocycles. The number of urea groups is 1. The number of amides is 3. The molecule has 3 amide bonds. The van der Waals surface area contributed by atoms with Crippen molar-refractivity contribution in [3.8, 4) is 0 Å². The highest BCUT2D eigenvalue weighted by molar-refractivity contribution is 8.00. The summed E-state index contributed by atoms with van der Waals surface area (Å²) in [5.41, 5.74) is -6.10. The second kappa shape index (κ2) is 7.95. The molecule has 5 nitrogen and oxygen atoms in total. The van der Waals surface area contributed by atoms with E-state index in [0.29, 0.717) is 15.9 Å². The Morgan fingerprint density at radius 1 is 1.00 bits per heavy atom. The fraction of sp³-hybridized carbons (Fsp3) is 0.176. The molecule has 12 heteroatoms. The number of anilines is 1. The lowest BCUT2D eigenvalue weighted by molar-refractivity contribution is -0.0328. The summed E-state index contributed by atoms with van der Waals surface area (Å²) in [5.74, 6) is -4.94. The van der Waals surface area contributed by atoms with Crippen LogP contribution in [-0.2, 0) is 4.74 Å². The number of nitrogens with zero attached hydrogens (tertiary/aromatic N) is 2. The van der Waals surface area contributed by atoms with Crippen LogP contribution < -0.4 is 4.90 Å². The van der Waals surface area contributed by atoms with E-state index in [-0.39, 0.29) is 0 Å². The highest BCUT2D eigenvalue weighted by Gasteiger charge is 2.36. The van der Waals surface area contributed by atoms with Gasteiger partial charge in [-0.2, -0.15) is 13.2 Å². The topological polar surface area (TPSA) is 49.9 Å². The van der Waals surface area contributed by atoms with Crippen LogP contribution >= 0.6 is 11.8 Å². The average Bonchev–Trinajstić information content (AvgIpc) is 2.61. The summed E-state index contributed by atoms with van der Waals surface area (Å²) < 4.78 is 84.2. The Morgan fingerprint density at radius 3 is 2.24 bits per heavy atom. The van der Waals surface area contributed by atoms with Crippen molar-refractivity contribution < 1.29 is 40.7 Å². The normalized spacial score (nSPS) is 15.0. The standard InChI is InChI=1S/C17H10F6N2O3S/c18-10-2-1-3-11(19)14(10)15(26)25-8-28-7-24(16(25)27)13-5-4-9(6-12(13)20)29-17(21,22)23/h1-6H,7-8H2. The summed E-state index contributed by atoms with van der Waals surface area (Å²) in [6.45, 7) is -1.17. The lowest BCUT2D eigenvalue weighted by Crippen LogP contribution is -2.53. The molecule has 1 heterocycles. The number of ether oxygens (including phenoxy) is 1. The Kier molecular flexibility index (Phi) is 5.75. The Bertz CT molecular complexity index is 948. The van der Waals surface area contributed by atoms with Gasteiger partial charge in [-0.3, -0.25) is 9.69 Å². The van der Waals surface area contributed by atoms with E-state index >= 15 is 0 Å². The van der Waals surface area contributed by atoms with Crippen molar-refractivity contribution in [1.82, 2.24) is 4.90 Å². The van der Waals surface area contributed by atoms with Gasteiger partial charge in [0.05, 0.1) is 5.69 Å². The molecule has 0 bridgehead atoms. The molecule has 0 saturated carbocycles. The van der Waals surface area contributed by atoms with Crippen molar-refractivity contribution in [3.63, 3.8) is 0 Å².